The van der Waals surface area contributed by atoms with Gasteiger partial charge in [-0.25, -0.2) is 8.42 Å². The van der Waals surface area contributed by atoms with E-state index in [9.17, 15) is 13.2 Å². The summed E-state index contributed by atoms with van der Waals surface area (Å²) < 4.78 is 27.0. The minimum absolute atomic E-state index is 0.00202. The highest BCUT2D eigenvalue weighted by atomic mass is 32.2. The smallest absolute Gasteiger partial charge is 0.264 e. The predicted octanol–water partition coefficient (Wildman–Crippen LogP) is 3.77. The molecule has 0 spiro atoms. The van der Waals surface area contributed by atoms with Crippen molar-refractivity contribution in [1.29, 1.82) is 0 Å². The topological polar surface area (TPSA) is 57.7 Å². The van der Waals surface area contributed by atoms with Crippen molar-refractivity contribution in [1.82, 2.24) is 4.90 Å². The van der Waals surface area contributed by atoms with Crippen LogP contribution in [-0.4, -0.2) is 39.4 Å². The lowest BCUT2D eigenvalue weighted by Crippen LogP contribution is -2.31. The van der Waals surface area contributed by atoms with Gasteiger partial charge in [-0.05, 0) is 54.7 Å². The van der Waals surface area contributed by atoms with Gasteiger partial charge >= 0.3 is 0 Å². The first kappa shape index (κ1) is 19.0. The Balaban J connectivity index is 1.47. The number of hydrogen-bond acceptors (Lipinski definition) is 3. The monoisotopic (exact) mass is 398 g/mol. The van der Waals surface area contributed by atoms with Crippen LogP contribution in [-0.2, 0) is 10.0 Å². The van der Waals surface area contributed by atoms with Gasteiger partial charge < -0.3 is 4.90 Å². The summed E-state index contributed by atoms with van der Waals surface area (Å²) in [7, 11) is -2.12. The van der Waals surface area contributed by atoms with Crippen LogP contribution in [0.1, 0.15) is 36.0 Å². The fraction of sp³-hybridized carbons (Fsp3) is 0.409. The van der Waals surface area contributed by atoms with E-state index in [1.165, 1.54) is 42.7 Å². The van der Waals surface area contributed by atoms with Crippen molar-refractivity contribution in [3.8, 4) is 0 Å². The maximum atomic E-state index is 12.9. The molecule has 1 heterocycles. The maximum Gasteiger partial charge on any atom is 0.264 e. The van der Waals surface area contributed by atoms with Crippen molar-refractivity contribution < 1.29 is 13.2 Å². The SMILES string of the molecule is CN(c1ccccc1)S(=O)(=O)c1ccc(C(=O)N2CCC(C3CCC3)C2)cc1. The van der Waals surface area contributed by atoms with Gasteiger partial charge in [-0.2, -0.15) is 0 Å². The first-order valence-corrected chi connectivity index (χ1v) is 11.3. The molecule has 2 aromatic rings. The number of amides is 1. The van der Waals surface area contributed by atoms with Gasteiger partial charge in [0.15, 0.2) is 0 Å². The van der Waals surface area contributed by atoms with Gasteiger partial charge in [-0.1, -0.05) is 37.5 Å². The lowest BCUT2D eigenvalue weighted by molar-refractivity contribution is 0.0775. The Morgan fingerprint density at radius 2 is 1.64 bits per heavy atom. The van der Waals surface area contributed by atoms with E-state index in [4.69, 9.17) is 0 Å². The highest BCUT2D eigenvalue weighted by Gasteiger charge is 2.34. The molecule has 5 nitrogen and oxygen atoms in total. The average Bonchev–Trinajstić information content (AvgIpc) is 3.15. The fourth-order valence-corrected chi connectivity index (χ4v) is 5.35. The summed E-state index contributed by atoms with van der Waals surface area (Å²) in [5.74, 6) is 1.43. The number of likely N-dealkylation sites (tertiary alicyclic amines) is 1. The zero-order valence-electron chi connectivity index (χ0n) is 16.1. The molecular formula is C22H26N2O3S. The molecule has 2 aliphatic rings. The molecule has 28 heavy (non-hydrogen) atoms. The van der Waals surface area contributed by atoms with E-state index in [0.717, 1.165) is 25.4 Å². The van der Waals surface area contributed by atoms with Crippen LogP contribution in [0.3, 0.4) is 0 Å². The zero-order valence-corrected chi connectivity index (χ0v) is 16.9. The predicted molar refractivity (Wildman–Crippen MR) is 110 cm³/mol. The largest absolute Gasteiger partial charge is 0.338 e. The number of benzene rings is 2. The Morgan fingerprint density at radius 3 is 2.25 bits per heavy atom. The molecule has 1 aliphatic carbocycles. The molecule has 1 saturated carbocycles. The van der Waals surface area contributed by atoms with Crippen molar-refractivity contribution in [2.75, 3.05) is 24.4 Å². The molecule has 1 saturated heterocycles. The second-order valence-electron chi connectivity index (χ2n) is 7.82. The number of rotatable bonds is 5. The standard InChI is InChI=1S/C22H26N2O3S/c1-23(20-8-3-2-4-9-20)28(26,27)21-12-10-18(11-13-21)22(25)24-15-14-19(16-24)17-6-5-7-17/h2-4,8-13,17,19H,5-7,14-16H2,1H3. The minimum Gasteiger partial charge on any atom is -0.338 e. The summed E-state index contributed by atoms with van der Waals surface area (Å²) >= 11 is 0. The van der Waals surface area contributed by atoms with Gasteiger partial charge in [0.05, 0.1) is 10.6 Å². The summed E-state index contributed by atoms with van der Waals surface area (Å²) in [5.41, 5.74) is 1.15. The van der Waals surface area contributed by atoms with Crippen molar-refractivity contribution in [3.63, 3.8) is 0 Å². The van der Waals surface area contributed by atoms with Crippen LogP contribution in [0.15, 0.2) is 59.5 Å². The molecule has 1 aliphatic heterocycles. The Bertz CT molecular complexity index is 938. The van der Waals surface area contributed by atoms with Gasteiger partial charge in [-0.3, -0.25) is 9.10 Å². The summed E-state index contributed by atoms with van der Waals surface area (Å²) in [6.45, 7) is 1.64. The number of carbonyl (C=O) groups is 1. The third-order valence-corrected chi connectivity index (χ3v) is 8.01. The van der Waals surface area contributed by atoms with Crippen LogP contribution < -0.4 is 4.31 Å². The Kier molecular flexibility index (Phi) is 5.15. The van der Waals surface area contributed by atoms with Crippen LogP contribution in [0.25, 0.3) is 0 Å². The van der Waals surface area contributed by atoms with E-state index in [1.807, 2.05) is 11.0 Å². The number of sulfonamides is 1. The van der Waals surface area contributed by atoms with Crippen LogP contribution in [0, 0.1) is 11.8 Å². The molecule has 0 bridgehead atoms. The van der Waals surface area contributed by atoms with Gasteiger partial charge in [0.25, 0.3) is 15.9 Å². The van der Waals surface area contributed by atoms with E-state index in [-0.39, 0.29) is 10.8 Å². The summed E-state index contributed by atoms with van der Waals surface area (Å²) in [6, 6.07) is 15.3. The van der Waals surface area contributed by atoms with Crippen molar-refractivity contribution >= 4 is 21.6 Å². The third kappa shape index (κ3) is 3.53. The Morgan fingerprint density at radius 1 is 0.964 bits per heavy atom. The lowest BCUT2D eigenvalue weighted by Gasteiger charge is -2.31. The summed E-state index contributed by atoms with van der Waals surface area (Å²) in [6.07, 6.45) is 5.01. The van der Waals surface area contributed by atoms with E-state index < -0.39 is 10.0 Å². The minimum atomic E-state index is -3.66. The third-order valence-electron chi connectivity index (χ3n) is 6.21. The van der Waals surface area contributed by atoms with Crippen LogP contribution >= 0.6 is 0 Å². The van der Waals surface area contributed by atoms with Gasteiger partial charge in [0, 0.05) is 25.7 Å². The van der Waals surface area contributed by atoms with E-state index >= 15 is 0 Å². The van der Waals surface area contributed by atoms with Crippen molar-refractivity contribution in [2.24, 2.45) is 11.8 Å². The highest BCUT2D eigenvalue weighted by molar-refractivity contribution is 7.92. The number of anilines is 1. The van der Waals surface area contributed by atoms with Crippen molar-refractivity contribution in [2.45, 2.75) is 30.6 Å². The second-order valence-corrected chi connectivity index (χ2v) is 9.79. The van der Waals surface area contributed by atoms with Crippen LogP contribution in [0.5, 0.6) is 0 Å². The van der Waals surface area contributed by atoms with Crippen LogP contribution in [0.2, 0.25) is 0 Å². The lowest BCUT2D eigenvalue weighted by atomic mass is 9.75. The molecule has 2 fully saturated rings. The molecule has 0 N–H and O–H groups in total. The van der Waals surface area contributed by atoms with E-state index in [1.54, 1.807) is 36.4 Å². The molecule has 0 radical (unpaired) electrons. The Hall–Kier alpha value is -2.34. The number of nitrogens with zero attached hydrogens (tertiary/aromatic N) is 2. The van der Waals surface area contributed by atoms with E-state index in [0.29, 0.717) is 17.2 Å². The quantitative estimate of drug-likeness (QED) is 0.770. The van der Waals surface area contributed by atoms with E-state index in [2.05, 4.69) is 0 Å². The normalized spacial score (nSPS) is 20.0. The summed E-state index contributed by atoms with van der Waals surface area (Å²) in [4.78, 5) is 14.9. The molecule has 1 unspecified atom stereocenters. The Labute approximate surface area is 167 Å². The van der Waals surface area contributed by atoms with Gasteiger partial charge in [-0.15, -0.1) is 0 Å². The molecule has 0 aromatic heterocycles. The summed E-state index contributed by atoms with van der Waals surface area (Å²) in [5, 5.41) is 0. The molecule has 1 amide bonds. The number of hydrogen-bond donors (Lipinski definition) is 0. The van der Waals surface area contributed by atoms with Crippen molar-refractivity contribution in [3.05, 3.63) is 60.2 Å². The van der Waals surface area contributed by atoms with Gasteiger partial charge in [0.2, 0.25) is 0 Å². The second kappa shape index (κ2) is 7.59. The molecular weight excluding hydrogens is 372 g/mol. The first-order chi connectivity index (χ1) is 13.5. The first-order valence-electron chi connectivity index (χ1n) is 9.90. The van der Waals surface area contributed by atoms with Gasteiger partial charge in [0.1, 0.15) is 0 Å². The molecule has 2 aromatic carbocycles. The van der Waals surface area contributed by atoms with Crippen LogP contribution in [0.4, 0.5) is 5.69 Å². The molecule has 1 atom stereocenters. The number of carbonyl (C=O) groups excluding carboxylic acids is 1. The zero-order chi connectivity index (χ0) is 19.7. The average molecular weight is 399 g/mol. The number of para-hydroxylation sites is 1. The fourth-order valence-electron chi connectivity index (χ4n) is 4.15. The molecule has 6 heteroatoms. The molecule has 148 valence electrons. The highest BCUT2D eigenvalue weighted by Crippen LogP contribution is 2.38. The molecule has 4 rings (SSSR count). The maximum absolute atomic E-state index is 12.9.